The normalized spacial score (nSPS) is 22.6. The van der Waals surface area contributed by atoms with Gasteiger partial charge in [-0.15, -0.1) is 0 Å². The van der Waals surface area contributed by atoms with Crippen molar-refractivity contribution in [3.63, 3.8) is 0 Å². The number of esters is 1. The van der Waals surface area contributed by atoms with Crippen molar-refractivity contribution in [3.8, 4) is 0 Å². The zero-order valence-electron chi connectivity index (χ0n) is 18.1. The largest absolute Gasteiger partial charge is 0.459 e. The van der Waals surface area contributed by atoms with Crippen molar-refractivity contribution in [2.75, 3.05) is 7.11 Å². The first-order valence-corrected chi connectivity index (χ1v) is 10.0. The number of rotatable bonds is 6. The molecule has 0 fully saturated rings. The van der Waals surface area contributed by atoms with Crippen LogP contribution in [0.3, 0.4) is 0 Å². The number of methoxy groups -OCH3 is 1. The molecule has 1 aliphatic carbocycles. The van der Waals surface area contributed by atoms with Gasteiger partial charge in [-0.25, -0.2) is 4.79 Å². The summed E-state index contributed by atoms with van der Waals surface area (Å²) in [6.45, 7) is 11.4. The topological polar surface area (TPSA) is 52.6 Å². The Balaban J connectivity index is 2.44. The van der Waals surface area contributed by atoms with Gasteiger partial charge in [-0.05, 0) is 83.0 Å². The summed E-state index contributed by atoms with van der Waals surface area (Å²) < 4.78 is 11.2. The van der Waals surface area contributed by atoms with Gasteiger partial charge in [0.2, 0.25) is 0 Å². The Kier molecular flexibility index (Phi) is 7.25. The molecular weight excluding hydrogens is 388 g/mol. The molecule has 0 amide bonds. The molecule has 0 aromatic heterocycles. The van der Waals surface area contributed by atoms with Gasteiger partial charge in [-0.3, -0.25) is 4.79 Å². The van der Waals surface area contributed by atoms with Crippen molar-refractivity contribution < 1.29 is 19.1 Å². The quantitative estimate of drug-likeness (QED) is 0.338. The Morgan fingerprint density at radius 3 is 2.24 bits per heavy atom. The van der Waals surface area contributed by atoms with Gasteiger partial charge in [-0.2, -0.15) is 0 Å². The fourth-order valence-electron chi connectivity index (χ4n) is 3.85. The van der Waals surface area contributed by atoms with Crippen LogP contribution in [0.15, 0.2) is 58.7 Å². The van der Waals surface area contributed by atoms with Crippen LogP contribution in [-0.4, -0.2) is 31.1 Å². The minimum absolute atomic E-state index is 0.116. The molecule has 156 valence electrons. The van der Waals surface area contributed by atoms with Gasteiger partial charge < -0.3 is 9.47 Å². The number of hydrogen-bond donors (Lipinski definition) is 0. The molecule has 29 heavy (non-hydrogen) atoms. The molecule has 5 heteroatoms. The van der Waals surface area contributed by atoms with E-state index < -0.39 is 11.5 Å². The Labute approximate surface area is 178 Å². The highest BCUT2D eigenvalue weighted by Crippen LogP contribution is 2.46. The molecule has 0 spiro atoms. The molecule has 0 heterocycles. The maximum absolute atomic E-state index is 12.7. The van der Waals surface area contributed by atoms with Gasteiger partial charge in [0.05, 0.1) is 17.8 Å². The maximum atomic E-state index is 12.7. The molecule has 1 aromatic rings. The molecule has 1 aliphatic rings. The van der Waals surface area contributed by atoms with E-state index in [-0.39, 0.29) is 17.9 Å². The number of benzene rings is 1. The van der Waals surface area contributed by atoms with Crippen molar-refractivity contribution in [2.45, 2.75) is 53.8 Å². The van der Waals surface area contributed by atoms with Crippen molar-refractivity contribution in [2.24, 2.45) is 5.41 Å². The van der Waals surface area contributed by atoms with E-state index in [0.29, 0.717) is 16.2 Å². The third-order valence-corrected chi connectivity index (χ3v) is 5.82. The fourth-order valence-corrected chi connectivity index (χ4v) is 3.97. The van der Waals surface area contributed by atoms with E-state index in [1.165, 1.54) is 0 Å². The lowest BCUT2D eigenvalue weighted by atomic mass is 9.67. The Hall–Kier alpha value is -2.17. The number of carbonyl (C=O) groups is 2. The highest BCUT2D eigenvalue weighted by Gasteiger charge is 2.42. The van der Waals surface area contributed by atoms with Crippen LogP contribution in [0.2, 0.25) is 5.02 Å². The van der Waals surface area contributed by atoms with Crippen LogP contribution < -0.4 is 0 Å². The molecule has 0 saturated heterocycles. The molecule has 2 unspecified atom stereocenters. The second kappa shape index (κ2) is 9.10. The van der Waals surface area contributed by atoms with Crippen LogP contribution in [-0.2, 0) is 14.3 Å². The van der Waals surface area contributed by atoms with Crippen molar-refractivity contribution in [3.05, 3.63) is 69.3 Å². The van der Waals surface area contributed by atoms with E-state index in [1.54, 1.807) is 37.5 Å². The third kappa shape index (κ3) is 4.71. The van der Waals surface area contributed by atoms with E-state index >= 15 is 0 Å². The van der Waals surface area contributed by atoms with E-state index in [0.717, 1.165) is 16.7 Å². The summed E-state index contributed by atoms with van der Waals surface area (Å²) in [5, 5.41) is 0.584. The first-order valence-electron chi connectivity index (χ1n) is 9.65. The Morgan fingerprint density at radius 2 is 1.72 bits per heavy atom. The average molecular weight is 417 g/mol. The SMILES string of the molecule is COC1C(C)=C(C(=O)OC(C)C)C(C)=C(C)C1(C)C=CC(=O)c1ccc(Cl)cc1. The van der Waals surface area contributed by atoms with E-state index in [4.69, 9.17) is 21.1 Å². The number of ether oxygens (including phenoxy) is 2. The van der Waals surface area contributed by atoms with Crippen LogP contribution in [0.5, 0.6) is 0 Å². The summed E-state index contributed by atoms with van der Waals surface area (Å²) in [6, 6.07) is 6.78. The van der Waals surface area contributed by atoms with Crippen molar-refractivity contribution in [1.29, 1.82) is 0 Å². The lowest BCUT2D eigenvalue weighted by Crippen LogP contribution is -2.40. The van der Waals surface area contributed by atoms with Crippen LogP contribution in [0.1, 0.15) is 51.9 Å². The van der Waals surface area contributed by atoms with E-state index in [2.05, 4.69) is 0 Å². The standard InChI is InChI=1S/C24H29ClO4/c1-14(2)29-23(27)21-15(3)17(5)24(6,22(28-7)16(21)4)13-12-20(26)18-8-10-19(25)11-9-18/h8-14,22H,1-7H3. The zero-order chi connectivity index (χ0) is 21.9. The summed E-state index contributed by atoms with van der Waals surface area (Å²) in [5.74, 6) is -0.463. The summed E-state index contributed by atoms with van der Waals surface area (Å²) in [7, 11) is 1.61. The summed E-state index contributed by atoms with van der Waals surface area (Å²) in [6.07, 6.45) is 2.83. The van der Waals surface area contributed by atoms with Gasteiger partial charge in [0.25, 0.3) is 0 Å². The molecular formula is C24H29ClO4. The van der Waals surface area contributed by atoms with Crippen LogP contribution in [0, 0.1) is 5.41 Å². The summed E-state index contributed by atoms with van der Waals surface area (Å²) >= 11 is 5.90. The summed E-state index contributed by atoms with van der Waals surface area (Å²) in [4.78, 5) is 25.3. The predicted octanol–water partition coefficient (Wildman–Crippen LogP) is 5.72. The lowest BCUT2D eigenvalue weighted by molar-refractivity contribution is -0.142. The average Bonchev–Trinajstić information content (AvgIpc) is 2.65. The summed E-state index contributed by atoms with van der Waals surface area (Å²) in [5.41, 5.74) is 3.15. The molecule has 1 aromatic carbocycles. The first-order chi connectivity index (χ1) is 13.5. The Morgan fingerprint density at radius 1 is 1.14 bits per heavy atom. The molecule has 0 bridgehead atoms. The molecule has 2 atom stereocenters. The van der Waals surface area contributed by atoms with E-state index in [1.807, 2.05) is 47.6 Å². The fraction of sp³-hybridized carbons (Fsp3) is 0.417. The third-order valence-electron chi connectivity index (χ3n) is 5.57. The van der Waals surface area contributed by atoms with Crippen LogP contribution in [0.25, 0.3) is 0 Å². The van der Waals surface area contributed by atoms with Gasteiger partial charge in [0.15, 0.2) is 5.78 Å². The van der Waals surface area contributed by atoms with Crippen molar-refractivity contribution in [1.82, 2.24) is 0 Å². The van der Waals surface area contributed by atoms with E-state index in [9.17, 15) is 9.59 Å². The lowest BCUT2D eigenvalue weighted by Gasteiger charge is -2.41. The second-order valence-electron chi connectivity index (χ2n) is 7.86. The van der Waals surface area contributed by atoms with Crippen LogP contribution in [0.4, 0.5) is 0 Å². The molecule has 0 saturated carbocycles. The van der Waals surface area contributed by atoms with Gasteiger partial charge in [0, 0.05) is 23.1 Å². The van der Waals surface area contributed by atoms with Gasteiger partial charge in [0.1, 0.15) is 0 Å². The molecule has 0 aliphatic heterocycles. The minimum Gasteiger partial charge on any atom is -0.459 e. The molecule has 0 radical (unpaired) electrons. The highest BCUT2D eigenvalue weighted by molar-refractivity contribution is 6.30. The Bertz CT molecular complexity index is 890. The molecule has 4 nitrogen and oxygen atoms in total. The monoisotopic (exact) mass is 416 g/mol. The molecule has 2 rings (SSSR count). The number of halogens is 1. The number of carbonyl (C=O) groups excluding carboxylic acids is 2. The molecule has 0 N–H and O–H groups in total. The highest BCUT2D eigenvalue weighted by atomic mass is 35.5. The smallest absolute Gasteiger partial charge is 0.338 e. The number of allylic oxidation sites excluding steroid dienone is 1. The number of hydrogen-bond acceptors (Lipinski definition) is 4. The minimum atomic E-state index is -0.577. The second-order valence-corrected chi connectivity index (χ2v) is 8.30. The van der Waals surface area contributed by atoms with Gasteiger partial charge >= 0.3 is 5.97 Å². The maximum Gasteiger partial charge on any atom is 0.338 e. The predicted molar refractivity (Wildman–Crippen MR) is 116 cm³/mol. The van der Waals surface area contributed by atoms with Gasteiger partial charge in [-0.1, -0.05) is 23.3 Å². The van der Waals surface area contributed by atoms with Crippen LogP contribution >= 0.6 is 11.6 Å². The first kappa shape index (κ1) is 23.1. The zero-order valence-corrected chi connectivity index (χ0v) is 18.9. The van der Waals surface area contributed by atoms with Crippen molar-refractivity contribution >= 4 is 23.4 Å². The number of ketones is 1.